The Labute approximate surface area is 65.9 Å². The maximum atomic E-state index is 10.8. The second-order valence-electron chi connectivity index (χ2n) is 3.94. The summed E-state index contributed by atoms with van der Waals surface area (Å²) < 4.78 is 0. The molecule has 2 rings (SSSR count). The third kappa shape index (κ3) is 0.647. The highest BCUT2D eigenvalue weighted by Crippen LogP contribution is 2.65. The van der Waals surface area contributed by atoms with Crippen molar-refractivity contribution in [1.29, 1.82) is 0 Å². The van der Waals surface area contributed by atoms with Crippen molar-refractivity contribution in [3.05, 3.63) is 11.6 Å². The number of fused-ring (bicyclic) bond motifs is 1. The lowest BCUT2D eigenvalue weighted by Crippen LogP contribution is -2.15. The molecule has 2 aliphatic carbocycles. The molecule has 1 N–H and O–H groups in total. The number of hydrogen-bond donors (Lipinski definition) is 1. The van der Waals surface area contributed by atoms with Gasteiger partial charge in [-0.15, -0.1) is 0 Å². The largest absolute Gasteiger partial charge is 0.481 e. The average Bonchev–Trinajstić information content (AvgIpc) is 2.38. The Hall–Kier alpha value is -0.790. The second kappa shape index (κ2) is 1.68. The first kappa shape index (κ1) is 6.89. The normalized spacial score (nSPS) is 46.5. The number of carboxylic acid groups (broad SMARTS) is 1. The minimum Gasteiger partial charge on any atom is -0.481 e. The van der Waals surface area contributed by atoms with Gasteiger partial charge < -0.3 is 5.11 Å². The van der Waals surface area contributed by atoms with Gasteiger partial charge in [0.1, 0.15) is 0 Å². The van der Waals surface area contributed by atoms with E-state index in [1.54, 1.807) is 0 Å². The fourth-order valence-corrected chi connectivity index (χ4v) is 2.29. The van der Waals surface area contributed by atoms with Crippen LogP contribution in [0.2, 0.25) is 0 Å². The lowest BCUT2D eigenvalue weighted by atomic mass is 9.99. The summed E-state index contributed by atoms with van der Waals surface area (Å²) >= 11 is 0. The van der Waals surface area contributed by atoms with E-state index >= 15 is 0 Å². The summed E-state index contributed by atoms with van der Waals surface area (Å²) in [5.74, 6) is 0.108. The SMILES string of the molecule is CC1=CC2C(C1)C2(C)C(=O)O. The van der Waals surface area contributed by atoms with Crippen LogP contribution in [-0.4, -0.2) is 11.1 Å². The van der Waals surface area contributed by atoms with Crippen LogP contribution in [0.4, 0.5) is 0 Å². The van der Waals surface area contributed by atoms with Gasteiger partial charge in [0, 0.05) is 0 Å². The quantitative estimate of drug-likeness (QED) is 0.580. The van der Waals surface area contributed by atoms with E-state index < -0.39 is 11.4 Å². The highest BCUT2D eigenvalue weighted by Gasteiger charge is 2.66. The summed E-state index contributed by atoms with van der Waals surface area (Å²) in [6.07, 6.45) is 3.12. The van der Waals surface area contributed by atoms with E-state index in [4.69, 9.17) is 5.11 Å². The molecule has 2 aliphatic rings. The second-order valence-corrected chi connectivity index (χ2v) is 3.94. The number of allylic oxidation sites excluding steroid dienone is 2. The first-order valence-corrected chi connectivity index (χ1v) is 3.97. The minimum atomic E-state index is -0.628. The van der Waals surface area contributed by atoms with Crippen LogP contribution in [0.1, 0.15) is 20.3 Å². The molecule has 0 saturated heterocycles. The summed E-state index contributed by atoms with van der Waals surface area (Å²) in [4.78, 5) is 10.8. The fourth-order valence-electron chi connectivity index (χ4n) is 2.29. The maximum Gasteiger partial charge on any atom is 0.310 e. The zero-order chi connectivity index (χ0) is 8.22. The Bertz CT molecular complexity index is 254. The molecule has 0 amide bonds. The fraction of sp³-hybridized carbons (Fsp3) is 0.667. The molecule has 60 valence electrons. The molecule has 0 bridgehead atoms. The number of rotatable bonds is 1. The van der Waals surface area contributed by atoms with Crippen molar-refractivity contribution in [3.63, 3.8) is 0 Å². The van der Waals surface area contributed by atoms with Gasteiger partial charge in [-0.25, -0.2) is 0 Å². The molecule has 3 atom stereocenters. The summed E-state index contributed by atoms with van der Waals surface area (Å²) in [5.41, 5.74) is 0.943. The summed E-state index contributed by atoms with van der Waals surface area (Å²) in [7, 11) is 0. The first-order valence-electron chi connectivity index (χ1n) is 3.97. The monoisotopic (exact) mass is 152 g/mol. The van der Waals surface area contributed by atoms with E-state index in [0.717, 1.165) is 6.42 Å². The van der Waals surface area contributed by atoms with E-state index in [0.29, 0.717) is 11.8 Å². The van der Waals surface area contributed by atoms with Crippen molar-refractivity contribution < 1.29 is 9.90 Å². The van der Waals surface area contributed by atoms with Gasteiger partial charge in [0.2, 0.25) is 0 Å². The topological polar surface area (TPSA) is 37.3 Å². The molecule has 2 nitrogen and oxygen atoms in total. The van der Waals surface area contributed by atoms with E-state index in [1.807, 2.05) is 6.92 Å². The number of aliphatic carboxylic acids is 1. The highest BCUT2D eigenvalue weighted by molar-refractivity contribution is 5.80. The van der Waals surface area contributed by atoms with Gasteiger partial charge in [0.25, 0.3) is 0 Å². The van der Waals surface area contributed by atoms with Crippen LogP contribution < -0.4 is 0 Å². The molecule has 1 fully saturated rings. The average molecular weight is 152 g/mol. The third-order valence-corrected chi connectivity index (χ3v) is 3.25. The molecule has 0 aromatic heterocycles. The molecule has 11 heavy (non-hydrogen) atoms. The van der Waals surface area contributed by atoms with E-state index in [2.05, 4.69) is 13.0 Å². The molecule has 1 saturated carbocycles. The van der Waals surface area contributed by atoms with Gasteiger partial charge in [-0.2, -0.15) is 0 Å². The lowest BCUT2D eigenvalue weighted by Gasteiger charge is -2.06. The maximum absolute atomic E-state index is 10.8. The van der Waals surface area contributed by atoms with Gasteiger partial charge in [0.15, 0.2) is 0 Å². The van der Waals surface area contributed by atoms with Crippen molar-refractivity contribution in [2.45, 2.75) is 20.3 Å². The van der Waals surface area contributed by atoms with Crippen LogP contribution >= 0.6 is 0 Å². The third-order valence-electron chi connectivity index (χ3n) is 3.25. The minimum absolute atomic E-state index is 0.333. The molecule has 0 aromatic rings. The Morgan fingerprint density at radius 1 is 1.82 bits per heavy atom. The van der Waals surface area contributed by atoms with Crippen LogP contribution in [0.5, 0.6) is 0 Å². The van der Waals surface area contributed by atoms with Gasteiger partial charge >= 0.3 is 5.97 Å². The van der Waals surface area contributed by atoms with Crippen LogP contribution in [0.15, 0.2) is 11.6 Å². The van der Waals surface area contributed by atoms with Crippen LogP contribution in [0, 0.1) is 17.3 Å². The zero-order valence-corrected chi connectivity index (χ0v) is 6.79. The molecule has 0 aromatic carbocycles. The Morgan fingerprint density at radius 3 is 2.82 bits per heavy atom. The van der Waals surface area contributed by atoms with Crippen molar-refractivity contribution >= 4 is 5.97 Å². The van der Waals surface area contributed by atoms with Crippen molar-refractivity contribution in [2.24, 2.45) is 17.3 Å². The van der Waals surface area contributed by atoms with Gasteiger partial charge in [-0.3, -0.25) is 4.79 Å². The Kier molecular flexibility index (Phi) is 1.05. The van der Waals surface area contributed by atoms with Crippen molar-refractivity contribution in [3.8, 4) is 0 Å². The van der Waals surface area contributed by atoms with Crippen molar-refractivity contribution in [1.82, 2.24) is 0 Å². The Morgan fingerprint density at radius 2 is 2.45 bits per heavy atom. The summed E-state index contributed by atoms with van der Waals surface area (Å²) in [6, 6.07) is 0. The predicted molar refractivity (Wildman–Crippen MR) is 41.1 cm³/mol. The van der Waals surface area contributed by atoms with E-state index in [9.17, 15) is 4.79 Å². The number of carboxylic acids is 1. The van der Waals surface area contributed by atoms with Crippen LogP contribution in [-0.2, 0) is 4.79 Å². The predicted octanol–water partition coefficient (Wildman–Crippen LogP) is 1.67. The zero-order valence-electron chi connectivity index (χ0n) is 6.79. The number of carbonyl (C=O) groups is 1. The van der Waals surface area contributed by atoms with Gasteiger partial charge in [-0.05, 0) is 32.1 Å². The number of hydrogen-bond acceptors (Lipinski definition) is 1. The van der Waals surface area contributed by atoms with Crippen LogP contribution in [0.3, 0.4) is 0 Å². The molecular formula is C9H12O2. The summed E-state index contributed by atoms with van der Waals surface area (Å²) in [6.45, 7) is 3.93. The van der Waals surface area contributed by atoms with Crippen LogP contribution in [0.25, 0.3) is 0 Å². The highest BCUT2D eigenvalue weighted by atomic mass is 16.4. The standard InChI is InChI=1S/C9H12O2/c1-5-3-6-7(4-5)9(6,2)8(10)11/h3,6-7H,4H2,1-2H3,(H,10,11). The van der Waals surface area contributed by atoms with Gasteiger partial charge in [0.05, 0.1) is 5.41 Å². The molecule has 0 aliphatic heterocycles. The molecule has 3 unspecified atom stereocenters. The lowest BCUT2D eigenvalue weighted by molar-refractivity contribution is -0.143. The van der Waals surface area contributed by atoms with Crippen molar-refractivity contribution in [2.75, 3.05) is 0 Å². The molecule has 2 heteroatoms. The Balaban J connectivity index is 2.22. The first-order chi connectivity index (χ1) is 5.06. The van der Waals surface area contributed by atoms with E-state index in [1.165, 1.54) is 5.57 Å². The molecule has 0 spiro atoms. The van der Waals surface area contributed by atoms with E-state index in [-0.39, 0.29) is 0 Å². The molecule has 0 radical (unpaired) electrons. The summed E-state index contributed by atoms with van der Waals surface area (Å²) in [5, 5.41) is 8.88. The molecular weight excluding hydrogens is 140 g/mol. The smallest absolute Gasteiger partial charge is 0.310 e. The molecule has 0 heterocycles. The van der Waals surface area contributed by atoms with Gasteiger partial charge in [-0.1, -0.05) is 11.6 Å².